The second-order valence-corrected chi connectivity index (χ2v) is 11.4. The van der Waals surface area contributed by atoms with Crippen LogP contribution in [0.2, 0.25) is 0 Å². The summed E-state index contributed by atoms with van der Waals surface area (Å²) in [5.74, 6) is -0.198. The molecule has 2 N–H and O–H groups in total. The highest BCUT2D eigenvalue weighted by atomic mass is 32.2. The molecule has 3 aromatic carbocycles. The normalized spacial score (nSPS) is 12.3. The number of sulfone groups is 1. The predicted octanol–water partition coefficient (Wildman–Crippen LogP) is 4.76. The van der Waals surface area contributed by atoms with Crippen LogP contribution in [0.15, 0.2) is 88.9 Å². The number of thioether (sulfide) groups is 1. The van der Waals surface area contributed by atoms with Crippen molar-refractivity contribution in [3.05, 3.63) is 90.3 Å². The summed E-state index contributed by atoms with van der Waals surface area (Å²) in [5, 5.41) is 20.7. The van der Waals surface area contributed by atoms with Gasteiger partial charge in [-0.15, -0.1) is 10.2 Å². The monoisotopic (exact) mass is 522 g/mol. The third-order valence-corrected chi connectivity index (χ3v) is 8.40. The highest BCUT2D eigenvalue weighted by molar-refractivity contribution is 8.00. The van der Waals surface area contributed by atoms with Crippen LogP contribution in [0, 0.1) is 6.92 Å². The second kappa shape index (κ2) is 11.0. The van der Waals surface area contributed by atoms with Crippen LogP contribution in [0.1, 0.15) is 24.7 Å². The summed E-state index contributed by atoms with van der Waals surface area (Å²) in [5.41, 5.74) is 2.23. The molecular weight excluding hydrogens is 496 g/mol. The van der Waals surface area contributed by atoms with Crippen molar-refractivity contribution in [2.45, 2.75) is 41.3 Å². The SMILES string of the molecule is CCC(Sc1nnc(CS(=O)(=O)c2ccc(C)cc2)n1-c1ccccc1)C(=O)Nc1ccc(O)cc1. The van der Waals surface area contributed by atoms with E-state index in [-0.39, 0.29) is 28.1 Å². The van der Waals surface area contributed by atoms with E-state index in [1.165, 1.54) is 23.9 Å². The molecule has 4 rings (SSSR count). The van der Waals surface area contributed by atoms with Gasteiger partial charge in [-0.1, -0.05) is 54.6 Å². The first-order valence-corrected chi connectivity index (χ1v) is 13.9. The van der Waals surface area contributed by atoms with Gasteiger partial charge in [-0.05, 0) is 61.9 Å². The van der Waals surface area contributed by atoms with Crippen molar-refractivity contribution in [3.63, 3.8) is 0 Å². The van der Waals surface area contributed by atoms with E-state index in [2.05, 4.69) is 15.5 Å². The van der Waals surface area contributed by atoms with Crippen LogP contribution in [0.4, 0.5) is 5.69 Å². The van der Waals surface area contributed by atoms with Gasteiger partial charge in [0.1, 0.15) is 11.5 Å². The van der Waals surface area contributed by atoms with Crippen molar-refractivity contribution >= 4 is 33.2 Å². The first-order valence-electron chi connectivity index (χ1n) is 11.3. The van der Waals surface area contributed by atoms with Crippen molar-refractivity contribution < 1.29 is 18.3 Å². The largest absolute Gasteiger partial charge is 0.508 e. The van der Waals surface area contributed by atoms with Crippen molar-refractivity contribution in [1.82, 2.24) is 14.8 Å². The second-order valence-electron chi connectivity index (χ2n) is 8.19. The number of anilines is 1. The molecule has 36 heavy (non-hydrogen) atoms. The number of nitrogens with zero attached hydrogens (tertiary/aromatic N) is 3. The smallest absolute Gasteiger partial charge is 0.237 e. The van der Waals surface area contributed by atoms with E-state index < -0.39 is 15.1 Å². The van der Waals surface area contributed by atoms with Crippen LogP contribution in [-0.4, -0.2) is 39.4 Å². The molecule has 0 fully saturated rings. The number of aromatic hydroxyl groups is 1. The number of carbonyl (C=O) groups excluding carboxylic acids is 1. The van der Waals surface area contributed by atoms with E-state index in [1.54, 1.807) is 41.0 Å². The Balaban J connectivity index is 1.63. The Hall–Kier alpha value is -3.63. The Kier molecular flexibility index (Phi) is 7.76. The maximum atomic E-state index is 13.1. The summed E-state index contributed by atoms with van der Waals surface area (Å²) >= 11 is 1.22. The van der Waals surface area contributed by atoms with Crippen molar-refractivity contribution in [1.29, 1.82) is 0 Å². The van der Waals surface area contributed by atoms with Gasteiger partial charge in [0.15, 0.2) is 20.8 Å². The number of rotatable bonds is 9. The highest BCUT2D eigenvalue weighted by Crippen LogP contribution is 2.30. The summed E-state index contributed by atoms with van der Waals surface area (Å²) < 4.78 is 28.0. The van der Waals surface area contributed by atoms with E-state index >= 15 is 0 Å². The number of phenolic OH excluding ortho intramolecular Hbond substituents is 1. The third kappa shape index (κ3) is 5.95. The number of aryl methyl sites for hydroxylation is 1. The summed E-state index contributed by atoms with van der Waals surface area (Å²) in [6, 6.07) is 22.2. The number of amides is 1. The number of nitrogens with one attached hydrogen (secondary N) is 1. The molecule has 4 aromatic rings. The lowest BCUT2D eigenvalue weighted by atomic mass is 10.2. The Morgan fingerprint density at radius 3 is 2.31 bits per heavy atom. The number of hydrogen-bond acceptors (Lipinski definition) is 7. The number of hydrogen-bond donors (Lipinski definition) is 2. The summed E-state index contributed by atoms with van der Waals surface area (Å²) in [6.07, 6.45) is 0.507. The molecule has 0 aliphatic rings. The molecule has 0 saturated heterocycles. The van der Waals surface area contributed by atoms with Gasteiger partial charge in [0.25, 0.3) is 0 Å². The summed E-state index contributed by atoms with van der Waals surface area (Å²) in [6.45, 7) is 3.79. The first kappa shape index (κ1) is 25.5. The zero-order valence-electron chi connectivity index (χ0n) is 19.8. The zero-order chi connectivity index (χ0) is 25.7. The van der Waals surface area contributed by atoms with Gasteiger partial charge in [-0.25, -0.2) is 8.42 Å². The molecular formula is C26H26N4O4S2. The Morgan fingerprint density at radius 2 is 1.67 bits per heavy atom. The van der Waals surface area contributed by atoms with Crippen LogP contribution in [0.5, 0.6) is 5.75 Å². The highest BCUT2D eigenvalue weighted by Gasteiger charge is 2.26. The molecule has 1 heterocycles. The van der Waals surface area contributed by atoms with Crippen LogP contribution in [0.25, 0.3) is 5.69 Å². The molecule has 1 aromatic heterocycles. The molecule has 1 atom stereocenters. The molecule has 8 nitrogen and oxygen atoms in total. The van der Waals surface area contributed by atoms with Gasteiger partial charge in [0, 0.05) is 11.4 Å². The number of benzene rings is 3. The zero-order valence-corrected chi connectivity index (χ0v) is 21.5. The van der Waals surface area contributed by atoms with E-state index in [0.29, 0.717) is 23.0 Å². The molecule has 0 aliphatic carbocycles. The number of para-hydroxylation sites is 1. The van der Waals surface area contributed by atoms with E-state index in [9.17, 15) is 18.3 Å². The molecule has 10 heteroatoms. The average Bonchev–Trinajstić information content (AvgIpc) is 3.25. The predicted molar refractivity (Wildman–Crippen MR) is 140 cm³/mol. The van der Waals surface area contributed by atoms with Crippen LogP contribution < -0.4 is 5.32 Å². The number of carbonyl (C=O) groups is 1. The van der Waals surface area contributed by atoms with Gasteiger partial charge in [0.2, 0.25) is 5.91 Å². The molecule has 0 saturated carbocycles. The third-order valence-electron chi connectivity index (χ3n) is 5.46. The van der Waals surface area contributed by atoms with E-state index in [1.807, 2.05) is 44.2 Å². The fourth-order valence-electron chi connectivity index (χ4n) is 3.52. The summed E-state index contributed by atoms with van der Waals surface area (Å²) in [4.78, 5) is 13.2. The topological polar surface area (TPSA) is 114 Å². The fraction of sp³-hybridized carbons (Fsp3) is 0.192. The molecule has 0 bridgehead atoms. The lowest BCUT2D eigenvalue weighted by Gasteiger charge is -2.16. The van der Waals surface area contributed by atoms with E-state index in [0.717, 1.165) is 5.56 Å². The Bertz CT molecular complexity index is 1440. The van der Waals surface area contributed by atoms with E-state index in [4.69, 9.17) is 0 Å². The maximum Gasteiger partial charge on any atom is 0.237 e. The van der Waals surface area contributed by atoms with Crippen LogP contribution in [-0.2, 0) is 20.4 Å². The van der Waals surface area contributed by atoms with Crippen molar-refractivity contribution in [2.24, 2.45) is 0 Å². The minimum Gasteiger partial charge on any atom is -0.508 e. The quantitative estimate of drug-likeness (QED) is 0.240. The first-order chi connectivity index (χ1) is 17.3. The molecule has 1 amide bonds. The number of aromatic nitrogens is 3. The van der Waals surface area contributed by atoms with Gasteiger partial charge in [-0.2, -0.15) is 0 Å². The fourth-order valence-corrected chi connectivity index (χ4v) is 5.76. The molecule has 0 radical (unpaired) electrons. The molecule has 186 valence electrons. The summed E-state index contributed by atoms with van der Waals surface area (Å²) in [7, 11) is -3.67. The molecule has 0 aliphatic heterocycles. The van der Waals surface area contributed by atoms with Gasteiger partial charge in [0.05, 0.1) is 10.1 Å². The molecule has 1 unspecified atom stereocenters. The Morgan fingerprint density at radius 1 is 1.00 bits per heavy atom. The minimum absolute atomic E-state index is 0.110. The Labute approximate surface area is 214 Å². The maximum absolute atomic E-state index is 13.1. The standard InChI is InChI=1S/C26H26N4O4S2/c1-3-23(25(32)27-19-11-13-21(31)14-12-19)35-26-29-28-24(30(26)20-7-5-4-6-8-20)17-36(33,34)22-15-9-18(2)10-16-22/h4-16,23,31H,3,17H2,1-2H3,(H,27,32). The molecule has 0 spiro atoms. The lowest BCUT2D eigenvalue weighted by molar-refractivity contribution is -0.115. The van der Waals surface area contributed by atoms with Crippen LogP contribution >= 0.6 is 11.8 Å². The van der Waals surface area contributed by atoms with Crippen LogP contribution in [0.3, 0.4) is 0 Å². The number of phenols is 1. The van der Waals surface area contributed by atoms with Crippen molar-refractivity contribution in [2.75, 3.05) is 5.32 Å². The average molecular weight is 523 g/mol. The van der Waals surface area contributed by atoms with Crippen molar-refractivity contribution in [3.8, 4) is 11.4 Å². The minimum atomic E-state index is -3.67. The lowest BCUT2D eigenvalue weighted by Crippen LogP contribution is -2.25. The van der Waals surface area contributed by atoms with Gasteiger partial charge in [-0.3, -0.25) is 9.36 Å². The van der Waals surface area contributed by atoms with Gasteiger partial charge < -0.3 is 10.4 Å². The van der Waals surface area contributed by atoms with Gasteiger partial charge >= 0.3 is 0 Å².